The smallest absolute Gasteiger partial charge is 0.249 e. The molecule has 3 aromatic rings. The number of hydrogen-bond donors (Lipinski definition) is 2. The van der Waals surface area contributed by atoms with Crippen molar-refractivity contribution >= 4 is 17.5 Å². The summed E-state index contributed by atoms with van der Waals surface area (Å²) in [5.74, 6) is 2.60. The lowest BCUT2D eigenvalue weighted by atomic mass is 10.2. The lowest BCUT2D eigenvalue weighted by molar-refractivity contribution is 0.410. The summed E-state index contributed by atoms with van der Waals surface area (Å²) in [6.07, 6.45) is 1.58. The van der Waals surface area contributed by atoms with Gasteiger partial charge in [-0.05, 0) is 18.2 Å². The highest BCUT2D eigenvalue weighted by Crippen LogP contribution is 2.20. The summed E-state index contributed by atoms with van der Waals surface area (Å²) >= 11 is 0. The predicted octanol–water partition coefficient (Wildman–Crippen LogP) is 3.24. The minimum Gasteiger partial charge on any atom is -0.497 e. The number of anilines is 3. The molecule has 0 bridgehead atoms. The minimum absolute atomic E-state index is 0.401. The van der Waals surface area contributed by atoms with Gasteiger partial charge in [0.05, 0.1) is 20.4 Å². The largest absolute Gasteiger partial charge is 0.497 e. The van der Waals surface area contributed by atoms with Crippen LogP contribution in [0.5, 0.6) is 11.5 Å². The van der Waals surface area contributed by atoms with E-state index in [1.807, 2.05) is 48.5 Å². The first-order valence-electron chi connectivity index (χ1n) is 7.75. The van der Waals surface area contributed by atoms with Gasteiger partial charge in [-0.3, -0.25) is 0 Å². The van der Waals surface area contributed by atoms with Gasteiger partial charge >= 0.3 is 0 Å². The second kappa shape index (κ2) is 7.96. The molecule has 0 radical (unpaired) electrons. The zero-order valence-electron chi connectivity index (χ0n) is 14.1. The van der Waals surface area contributed by atoms with Crippen LogP contribution in [0.3, 0.4) is 0 Å². The zero-order valence-corrected chi connectivity index (χ0v) is 14.1. The molecule has 7 heteroatoms. The van der Waals surface area contributed by atoms with Crippen molar-refractivity contribution in [3.05, 3.63) is 60.3 Å². The van der Waals surface area contributed by atoms with Crippen molar-refractivity contribution in [3.63, 3.8) is 0 Å². The van der Waals surface area contributed by atoms with Crippen molar-refractivity contribution < 1.29 is 9.47 Å². The number of para-hydroxylation sites is 1. The third kappa shape index (κ3) is 4.35. The number of nitrogens with one attached hydrogen (secondary N) is 2. The predicted molar refractivity (Wildman–Crippen MR) is 96.4 cm³/mol. The molecule has 0 amide bonds. The van der Waals surface area contributed by atoms with E-state index in [0.29, 0.717) is 18.3 Å². The van der Waals surface area contributed by atoms with Crippen LogP contribution in [0.4, 0.5) is 17.5 Å². The average Bonchev–Trinajstić information content (AvgIpc) is 2.67. The van der Waals surface area contributed by atoms with Crippen molar-refractivity contribution in [2.45, 2.75) is 6.54 Å². The van der Waals surface area contributed by atoms with Crippen molar-refractivity contribution in [3.8, 4) is 11.5 Å². The molecule has 2 N–H and O–H groups in total. The van der Waals surface area contributed by atoms with E-state index < -0.39 is 0 Å². The van der Waals surface area contributed by atoms with Gasteiger partial charge in [0.25, 0.3) is 0 Å². The molecule has 0 aliphatic rings. The third-order valence-corrected chi connectivity index (χ3v) is 3.54. The van der Waals surface area contributed by atoms with Gasteiger partial charge in [0.1, 0.15) is 11.5 Å². The Kier molecular flexibility index (Phi) is 5.26. The van der Waals surface area contributed by atoms with Crippen LogP contribution in [-0.2, 0) is 6.54 Å². The zero-order chi connectivity index (χ0) is 17.5. The first-order valence-corrected chi connectivity index (χ1v) is 7.75. The molecule has 0 atom stereocenters. The molecule has 7 nitrogen and oxygen atoms in total. The fraction of sp³-hybridized carbons (Fsp3) is 0.167. The topological polar surface area (TPSA) is 81.2 Å². The monoisotopic (exact) mass is 337 g/mol. The lowest BCUT2D eigenvalue weighted by Gasteiger charge is -2.10. The first kappa shape index (κ1) is 16.5. The number of ether oxygens (including phenoxy) is 2. The van der Waals surface area contributed by atoms with Gasteiger partial charge in [0, 0.05) is 23.9 Å². The van der Waals surface area contributed by atoms with Crippen LogP contribution in [0.15, 0.2) is 54.7 Å². The number of benzene rings is 2. The Morgan fingerprint density at radius 1 is 1.00 bits per heavy atom. The summed E-state index contributed by atoms with van der Waals surface area (Å²) in [6, 6.07) is 15.3. The van der Waals surface area contributed by atoms with Gasteiger partial charge in [0.2, 0.25) is 5.95 Å². The molecule has 0 aliphatic heterocycles. The highest BCUT2D eigenvalue weighted by Gasteiger charge is 2.05. The normalized spacial score (nSPS) is 10.2. The van der Waals surface area contributed by atoms with Gasteiger partial charge in [-0.15, -0.1) is 5.10 Å². The molecular formula is C18H19N5O2. The van der Waals surface area contributed by atoms with E-state index in [1.165, 1.54) is 0 Å². The van der Waals surface area contributed by atoms with Crippen LogP contribution in [0.2, 0.25) is 0 Å². The summed E-state index contributed by atoms with van der Waals surface area (Å²) in [5.41, 5.74) is 1.86. The SMILES string of the molecule is COc1cccc(Nc2nncc(NCc3ccccc3OC)n2)c1. The summed E-state index contributed by atoms with van der Waals surface area (Å²) in [5, 5.41) is 14.3. The summed E-state index contributed by atoms with van der Waals surface area (Å²) in [7, 11) is 3.28. The quantitative estimate of drug-likeness (QED) is 0.685. The van der Waals surface area contributed by atoms with E-state index in [9.17, 15) is 0 Å². The van der Waals surface area contributed by atoms with Crippen molar-refractivity contribution in [2.75, 3.05) is 24.9 Å². The first-order chi connectivity index (χ1) is 12.3. The Hall–Kier alpha value is -3.35. The molecule has 128 valence electrons. The number of rotatable bonds is 7. The second-order valence-corrected chi connectivity index (χ2v) is 5.19. The molecule has 1 aromatic heterocycles. The molecule has 0 saturated carbocycles. The molecule has 25 heavy (non-hydrogen) atoms. The molecule has 0 fully saturated rings. The number of hydrogen-bond acceptors (Lipinski definition) is 7. The molecule has 0 spiro atoms. The maximum absolute atomic E-state index is 5.35. The van der Waals surface area contributed by atoms with E-state index in [2.05, 4.69) is 25.8 Å². The van der Waals surface area contributed by atoms with E-state index in [4.69, 9.17) is 9.47 Å². The third-order valence-electron chi connectivity index (χ3n) is 3.54. The molecular weight excluding hydrogens is 318 g/mol. The Labute approximate surface area is 146 Å². The van der Waals surface area contributed by atoms with Crippen LogP contribution in [0.1, 0.15) is 5.56 Å². The second-order valence-electron chi connectivity index (χ2n) is 5.19. The summed E-state index contributed by atoms with van der Waals surface area (Å²) < 4.78 is 10.6. The number of aromatic nitrogens is 3. The van der Waals surface area contributed by atoms with Gasteiger partial charge < -0.3 is 20.1 Å². The fourth-order valence-corrected chi connectivity index (χ4v) is 2.31. The van der Waals surface area contributed by atoms with Crippen molar-refractivity contribution in [1.29, 1.82) is 0 Å². The Balaban J connectivity index is 1.69. The molecule has 0 aliphatic carbocycles. The van der Waals surface area contributed by atoms with Crippen LogP contribution >= 0.6 is 0 Å². The molecule has 0 saturated heterocycles. The van der Waals surface area contributed by atoms with Crippen LogP contribution in [-0.4, -0.2) is 29.4 Å². The van der Waals surface area contributed by atoms with E-state index >= 15 is 0 Å². The maximum Gasteiger partial charge on any atom is 0.249 e. The summed E-state index contributed by atoms with van der Waals surface area (Å²) in [4.78, 5) is 4.42. The highest BCUT2D eigenvalue weighted by atomic mass is 16.5. The Morgan fingerprint density at radius 3 is 2.72 bits per heavy atom. The minimum atomic E-state index is 0.401. The standard InChI is InChI=1S/C18H19N5O2/c1-24-15-8-5-7-14(10-15)21-18-22-17(12-20-23-18)19-11-13-6-3-4-9-16(13)25-2/h3-10,12H,11H2,1-2H3,(H2,19,21,22,23). The van der Waals surface area contributed by atoms with Gasteiger partial charge in [-0.25, -0.2) is 0 Å². The summed E-state index contributed by atoms with van der Waals surface area (Å²) in [6.45, 7) is 0.571. The van der Waals surface area contributed by atoms with Gasteiger partial charge in [0.15, 0.2) is 5.82 Å². The van der Waals surface area contributed by atoms with Gasteiger partial charge in [-0.2, -0.15) is 10.1 Å². The maximum atomic E-state index is 5.35. The lowest BCUT2D eigenvalue weighted by Crippen LogP contribution is -2.06. The van der Waals surface area contributed by atoms with E-state index in [1.54, 1.807) is 20.4 Å². The van der Waals surface area contributed by atoms with Gasteiger partial charge in [-0.1, -0.05) is 24.3 Å². The number of methoxy groups -OCH3 is 2. The molecule has 3 rings (SSSR count). The number of nitrogens with zero attached hydrogens (tertiary/aromatic N) is 3. The van der Waals surface area contributed by atoms with Crippen LogP contribution < -0.4 is 20.1 Å². The van der Waals surface area contributed by atoms with Crippen LogP contribution in [0, 0.1) is 0 Å². The molecule has 2 aromatic carbocycles. The average molecular weight is 337 g/mol. The van der Waals surface area contributed by atoms with E-state index in [-0.39, 0.29) is 0 Å². The Bertz CT molecular complexity index is 841. The fourth-order valence-electron chi connectivity index (χ4n) is 2.31. The van der Waals surface area contributed by atoms with Crippen molar-refractivity contribution in [1.82, 2.24) is 15.2 Å². The van der Waals surface area contributed by atoms with Crippen LogP contribution in [0.25, 0.3) is 0 Å². The van der Waals surface area contributed by atoms with Crippen molar-refractivity contribution in [2.24, 2.45) is 0 Å². The highest BCUT2D eigenvalue weighted by molar-refractivity contribution is 5.56. The molecule has 1 heterocycles. The van der Waals surface area contributed by atoms with E-state index in [0.717, 1.165) is 22.7 Å². The Morgan fingerprint density at radius 2 is 1.88 bits per heavy atom. The molecule has 0 unspecified atom stereocenters.